The molecule has 170 valence electrons. The highest BCUT2D eigenvalue weighted by molar-refractivity contribution is 6.03. The van der Waals surface area contributed by atoms with E-state index in [-0.39, 0.29) is 5.91 Å². The molecule has 0 unspecified atom stereocenters. The number of ether oxygens (including phenoxy) is 2. The highest BCUT2D eigenvalue weighted by atomic mass is 16.5. The number of nitrogens with zero attached hydrogens (tertiary/aromatic N) is 5. The summed E-state index contributed by atoms with van der Waals surface area (Å²) in [5.41, 5.74) is 4.16. The molecule has 1 N–H and O–H groups in total. The van der Waals surface area contributed by atoms with E-state index in [0.717, 1.165) is 16.8 Å². The Labute approximate surface area is 195 Å². The second-order valence-corrected chi connectivity index (χ2v) is 7.59. The van der Waals surface area contributed by atoms with Gasteiger partial charge in [-0.15, -0.1) is 0 Å². The molecule has 5 aromatic rings. The Balaban J connectivity index is 1.36. The molecule has 0 saturated heterocycles. The lowest BCUT2D eigenvalue weighted by molar-refractivity contribution is 0.101. The fourth-order valence-electron chi connectivity index (χ4n) is 3.71. The van der Waals surface area contributed by atoms with Crippen LogP contribution >= 0.6 is 0 Å². The molecule has 0 aliphatic carbocycles. The summed E-state index contributed by atoms with van der Waals surface area (Å²) in [6, 6.07) is 16.5. The fraction of sp³-hybridized carbons (Fsp3) is 0.120. The number of hydrogen-bond acceptors (Lipinski definition) is 6. The second kappa shape index (κ2) is 8.70. The van der Waals surface area contributed by atoms with Crippen molar-refractivity contribution in [3.63, 3.8) is 0 Å². The number of carbonyl (C=O) groups excluding carboxylic acids is 1. The lowest BCUT2D eigenvalue weighted by Crippen LogP contribution is -2.15. The lowest BCUT2D eigenvalue weighted by atomic mass is 10.1. The third-order valence-electron chi connectivity index (χ3n) is 5.47. The monoisotopic (exact) mass is 454 g/mol. The highest BCUT2D eigenvalue weighted by Crippen LogP contribution is 2.33. The molecule has 3 heterocycles. The summed E-state index contributed by atoms with van der Waals surface area (Å²) in [5.74, 6) is 1.68. The zero-order valence-corrected chi connectivity index (χ0v) is 18.9. The van der Waals surface area contributed by atoms with Gasteiger partial charge in [0.2, 0.25) is 5.78 Å². The molecule has 3 aromatic heterocycles. The number of fused-ring (bicyclic) bond motifs is 1. The van der Waals surface area contributed by atoms with Crippen LogP contribution in [0.5, 0.6) is 11.5 Å². The van der Waals surface area contributed by atoms with Crippen molar-refractivity contribution in [3.8, 4) is 34.0 Å². The Bertz CT molecular complexity index is 1450. The standard InChI is InChI=1S/C25H22N6O3/c1-30-22(14-20(29-30)19-13-18(33-2)9-10-23(19)34-3)24(32)27-17-7-5-16(6-8-17)21-15-31-12-4-11-26-25(31)28-21/h4-15H,1-3H3,(H,27,32). The maximum absolute atomic E-state index is 13.0. The van der Waals surface area contributed by atoms with Crippen molar-refractivity contribution < 1.29 is 14.3 Å². The van der Waals surface area contributed by atoms with Crippen LogP contribution < -0.4 is 14.8 Å². The minimum absolute atomic E-state index is 0.271. The predicted molar refractivity (Wildman–Crippen MR) is 128 cm³/mol. The van der Waals surface area contributed by atoms with E-state index in [1.54, 1.807) is 38.2 Å². The first-order valence-electron chi connectivity index (χ1n) is 10.5. The number of nitrogens with one attached hydrogen (secondary N) is 1. The minimum atomic E-state index is -0.271. The number of imidazole rings is 1. The molecule has 0 bridgehead atoms. The molecule has 2 aromatic carbocycles. The number of hydrogen-bond donors (Lipinski definition) is 1. The van der Waals surface area contributed by atoms with E-state index in [0.29, 0.717) is 34.4 Å². The van der Waals surface area contributed by atoms with Crippen LogP contribution in [0.3, 0.4) is 0 Å². The Morgan fingerprint density at radius 2 is 1.82 bits per heavy atom. The third kappa shape index (κ3) is 3.95. The Morgan fingerprint density at radius 3 is 2.56 bits per heavy atom. The number of anilines is 1. The molecule has 0 saturated carbocycles. The largest absolute Gasteiger partial charge is 0.497 e. The van der Waals surface area contributed by atoms with Gasteiger partial charge in [0.1, 0.15) is 17.2 Å². The number of methoxy groups -OCH3 is 2. The summed E-state index contributed by atoms with van der Waals surface area (Å²) in [7, 11) is 4.92. The maximum Gasteiger partial charge on any atom is 0.273 e. The van der Waals surface area contributed by atoms with Gasteiger partial charge in [0, 0.05) is 42.5 Å². The average Bonchev–Trinajstić information content (AvgIpc) is 3.47. The third-order valence-corrected chi connectivity index (χ3v) is 5.47. The van der Waals surface area contributed by atoms with E-state index >= 15 is 0 Å². The lowest BCUT2D eigenvalue weighted by Gasteiger charge is -2.08. The molecule has 5 rings (SSSR count). The number of rotatable bonds is 6. The average molecular weight is 454 g/mol. The van der Waals surface area contributed by atoms with Crippen LogP contribution in [-0.2, 0) is 7.05 Å². The summed E-state index contributed by atoms with van der Waals surface area (Å²) in [6.45, 7) is 0. The quantitative estimate of drug-likeness (QED) is 0.416. The van der Waals surface area contributed by atoms with Crippen molar-refractivity contribution in [1.82, 2.24) is 24.1 Å². The molecule has 0 atom stereocenters. The molecular formula is C25H22N6O3. The first-order valence-corrected chi connectivity index (χ1v) is 10.5. The number of amides is 1. The summed E-state index contributed by atoms with van der Waals surface area (Å²) in [5, 5.41) is 7.43. The summed E-state index contributed by atoms with van der Waals surface area (Å²) in [4.78, 5) is 21.7. The molecule has 0 radical (unpaired) electrons. The molecule has 0 aliphatic rings. The van der Waals surface area contributed by atoms with Crippen molar-refractivity contribution in [2.45, 2.75) is 0 Å². The number of aryl methyl sites for hydroxylation is 1. The zero-order chi connectivity index (χ0) is 23.7. The summed E-state index contributed by atoms with van der Waals surface area (Å²) >= 11 is 0. The normalized spacial score (nSPS) is 10.9. The van der Waals surface area contributed by atoms with Crippen molar-refractivity contribution in [3.05, 3.63) is 78.9 Å². The summed E-state index contributed by atoms with van der Waals surface area (Å²) < 4.78 is 14.2. The molecular weight excluding hydrogens is 432 g/mol. The number of benzene rings is 2. The number of carbonyl (C=O) groups is 1. The highest BCUT2D eigenvalue weighted by Gasteiger charge is 2.18. The van der Waals surface area contributed by atoms with Gasteiger partial charge in [-0.2, -0.15) is 5.10 Å². The van der Waals surface area contributed by atoms with Crippen LogP contribution in [0.25, 0.3) is 28.3 Å². The van der Waals surface area contributed by atoms with Gasteiger partial charge >= 0.3 is 0 Å². The molecule has 0 aliphatic heterocycles. The second-order valence-electron chi connectivity index (χ2n) is 7.59. The van der Waals surface area contributed by atoms with Gasteiger partial charge in [0.05, 0.1) is 25.6 Å². The van der Waals surface area contributed by atoms with E-state index in [1.807, 2.05) is 65.3 Å². The Kier molecular flexibility index (Phi) is 5.43. The predicted octanol–water partition coefficient (Wildman–Crippen LogP) is 4.07. The van der Waals surface area contributed by atoms with Gasteiger partial charge in [-0.25, -0.2) is 9.97 Å². The van der Waals surface area contributed by atoms with Gasteiger partial charge in [-0.1, -0.05) is 12.1 Å². The maximum atomic E-state index is 13.0. The van der Waals surface area contributed by atoms with Crippen LogP contribution in [0.2, 0.25) is 0 Å². The van der Waals surface area contributed by atoms with Gasteiger partial charge in [-0.3, -0.25) is 13.9 Å². The van der Waals surface area contributed by atoms with Crippen molar-refractivity contribution >= 4 is 17.4 Å². The van der Waals surface area contributed by atoms with Crippen LogP contribution in [0.4, 0.5) is 5.69 Å². The molecule has 34 heavy (non-hydrogen) atoms. The number of aromatic nitrogens is 5. The first-order chi connectivity index (χ1) is 16.6. The topological polar surface area (TPSA) is 95.6 Å². The molecule has 0 spiro atoms. The SMILES string of the molecule is COc1ccc(OC)c(-c2cc(C(=O)Nc3ccc(-c4cn5cccnc5n4)cc3)n(C)n2)c1. The van der Waals surface area contributed by atoms with Gasteiger partial charge < -0.3 is 14.8 Å². The van der Waals surface area contributed by atoms with Crippen LogP contribution in [-0.4, -0.2) is 44.3 Å². The van der Waals surface area contributed by atoms with Gasteiger partial charge in [0.15, 0.2) is 0 Å². The first kappa shape index (κ1) is 21.2. The smallest absolute Gasteiger partial charge is 0.273 e. The van der Waals surface area contributed by atoms with E-state index < -0.39 is 0 Å². The van der Waals surface area contributed by atoms with E-state index in [9.17, 15) is 4.79 Å². The zero-order valence-electron chi connectivity index (χ0n) is 18.9. The molecule has 9 nitrogen and oxygen atoms in total. The Hall–Kier alpha value is -4.66. The van der Waals surface area contributed by atoms with Gasteiger partial charge in [-0.05, 0) is 42.5 Å². The van der Waals surface area contributed by atoms with Crippen LogP contribution in [0.1, 0.15) is 10.5 Å². The molecule has 9 heteroatoms. The summed E-state index contributed by atoms with van der Waals surface area (Å²) in [6.07, 6.45) is 5.52. The van der Waals surface area contributed by atoms with Crippen molar-refractivity contribution in [2.24, 2.45) is 7.05 Å². The minimum Gasteiger partial charge on any atom is -0.497 e. The molecule has 0 fully saturated rings. The van der Waals surface area contributed by atoms with Crippen LogP contribution in [0.15, 0.2) is 73.2 Å². The van der Waals surface area contributed by atoms with Crippen molar-refractivity contribution in [1.29, 1.82) is 0 Å². The van der Waals surface area contributed by atoms with Gasteiger partial charge in [0.25, 0.3) is 5.91 Å². The van der Waals surface area contributed by atoms with Crippen molar-refractivity contribution in [2.75, 3.05) is 19.5 Å². The fourth-order valence-corrected chi connectivity index (χ4v) is 3.71. The van der Waals surface area contributed by atoms with E-state index in [4.69, 9.17) is 9.47 Å². The molecule has 1 amide bonds. The van der Waals surface area contributed by atoms with Crippen LogP contribution in [0, 0.1) is 0 Å². The Morgan fingerprint density at radius 1 is 1.00 bits per heavy atom. The van der Waals surface area contributed by atoms with E-state index in [1.165, 1.54) is 0 Å². The van der Waals surface area contributed by atoms with E-state index in [2.05, 4.69) is 20.4 Å².